The number of amides is 1. The standard InChI is InChI=1S/C24H17ClINO3S2/c1-29-20-12-15(11-19(26)22(20)30-14-16-7-5-6-10-18(16)25)13-21-23(28)27(24(31)32-21)17-8-3-2-4-9-17/h2-13H,14H2,1H3/b21-13+. The minimum absolute atomic E-state index is 0.140. The van der Waals surface area contributed by atoms with E-state index in [9.17, 15) is 4.79 Å². The van der Waals surface area contributed by atoms with E-state index in [4.69, 9.17) is 33.3 Å². The number of carbonyl (C=O) groups is 1. The van der Waals surface area contributed by atoms with E-state index in [2.05, 4.69) is 22.6 Å². The van der Waals surface area contributed by atoms with E-state index in [0.717, 1.165) is 20.4 Å². The van der Waals surface area contributed by atoms with Crippen molar-refractivity contribution in [1.29, 1.82) is 0 Å². The molecule has 1 saturated heterocycles. The Hall–Kier alpha value is -2.07. The van der Waals surface area contributed by atoms with E-state index >= 15 is 0 Å². The molecule has 0 bridgehead atoms. The number of thiocarbonyl (C=S) groups is 1. The maximum atomic E-state index is 13.0. The average Bonchev–Trinajstić information content (AvgIpc) is 3.07. The molecule has 3 aromatic carbocycles. The highest BCUT2D eigenvalue weighted by Crippen LogP contribution is 2.39. The van der Waals surface area contributed by atoms with E-state index < -0.39 is 0 Å². The van der Waals surface area contributed by atoms with Crippen LogP contribution < -0.4 is 14.4 Å². The van der Waals surface area contributed by atoms with Crippen molar-refractivity contribution >= 4 is 80.2 Å². The van der Waals surface area contributed by atoms with E-state index in [1.54, 1.807) is 12.0 Å². The van der Waals surface area contributed by atoms with Gasteiger partial charge in [-0.05, 0) is 64.6 Å². The van der Waals surface area contributed by atoms with Gasteiger partial charge in [-0.1, -0.05) is 72.0 Å². The molecular weight excluding hydrogens is 577 g/mol. The van der Waals surface area contributed by atoms with E-state index in [1.807, 2.05) is 72.8 Å². The van der Waals surface area contributed by atoms with Crippen LogP contribution in [0.1, 0.15) is 11.1 Å². The first-order valence-electron chi connectivity index (χ1n) is 9.54. The fraction of sp³-hybridized carbons (Fsp3) is 0.0833. The van der Waals surface area contributed by atoms with Crippen molar-refractivity contribution in [3.05, 3.63) is 91.4 Å². The molecule has 1 fully saturated rings. The predicted molar refractivity (Wildman–Crippen MR) is 144 cm³/mol. The zero-order valence-electron chi connectivity index (χ0n) is 16.9. The summed E-state index contributed by atoms with van der Waals surface area (Å²) in [6.45, 7) is 0.321. The largest absolute Gasteiger partial charge is 0.493 e. The summed E-state index contributed by atoms with van der Waals surface area (Å²) in [5.74, 6) is 1.06. The Labute approximate surface area is 214 Å². The van der Waals surface area contributed by atoms with E-state index in [0.29, 0.717) is 32.4 Å². The minimum atomic E-state index is -0.140. The molecule has 0 aromatic heterocycles. The molecule has 4 nitrogen and oxygen atoms in total. The molecule has 1 amide bonds. The van der Waals surface area contributed by atoms with Crippen molar-refractivity contribution < 1.29 is 14.3 Å². The Morgan fingerprint density at radius 1 is 1.12 bits per heavy atom. The highest BCUT2D eigenvalue weighted by molar-refractivity contribution is 14.1. The molecule has 0 N–H and O–H groups in total. The Kier molecular flexibility index (Phi) is 7.40. The molecule has 1 aliphatic heterocycles. The summed E-state index contributed by atoms with van der Waals surface area (Å²) in [7, 11) is 1.59. The predicted octanol–water partition coefficient (Wildman–Crippen LogP) is 6.94. The minimum Gasteiger partial charge on any atom is -0.493 e. The van der Waals surface area contributed by atoms with Crippen LogP contribution in [0.15, 0.2) is 71.6 Å². The van der Waals surface area contributed by atoms with Crippen LogP contribution in [0.25, 0.3) is 6.08 Å². The number of nitrogens with zero attached hydrogens (tertiary/aromatic N) is 1. The van der Waals surface area contributed by atoms with Crippen LogP contribution in [0.3, 0.4) is 0 Å². The lowest BCUT2D eigenvalue weighted by atomic mass is 10.1. The lowest BCUT2D eigenvalue weighted by Gasteiger charge is -2.15. The molecule has 0 unspecified atom stereocenters. The van der Waals surface area contributed by atoms with Crippen LogP contribution >= 0.6 is 58.2 Å². The molecule has 0 aliphatic carbocycles. The van der Waals surface area contributed by atoms with Crippen LogP contribution in [0.5, 0.6) is 11.5 Å². The third-order valence-electron chi connectivity index (χ3n) is 4.69. The summed E-state index contributed by atoms with van der Waals surface area (Å²) in [6.07, 6.45) is 1.82. The fourth-order valence-electron chi connectivity index (χ4n) is 3.15. The lowest BCUT2D eigenvalue weighted by molar-refractivity contribution is -0.113. The Morgan fingerprint density at radius 3 is 2.56 bits per heavy atom. The van der Waals surface area contributed by atoms with Gasteiger partial charge in [0.1, 0.15) is 6.61 Å². The normalized spacial score (nSPS) is 14.8. The number of hydrogen-bond acceptors (Lipinski definition) is 5. The third kappa shape index (κ3) is 4.96. The molecule has 8 heteroatoms. The number of rotatable bonds is 6. The molecule has 3 aromatic rings. The number of anilines is 1. The number of carbonyl (C=O) groups excluding carboxylic acids is 1. The zero-order valence-corrected chi connectivity index (χ0v) is 21.4. The van der Waals surface area contributed by atoms with Gasteiger partial charge in [-0.3, -0.25) is 9.69 Å². The quantitative estimate of drug-likeness (QED) is 0.176. The number of para-hydroxylation sites is 1. The Morgan fingerprint density at radius 2 is 1.84 bits per heavy atom. The number of halogens is 2. The molecule has 0 spiro atoms. The van der Waals surface area contributed by atoms with Gasteiger partial charge >= 0.3 is 0 Å². The highest BCUT2D eigenvalue weighted by Gasteiger charge is 2.33. The number of benzene rings is 3. The second kappa shape index (κ2) is 10.2. The molecular formula is C24H17ClINO3S2. The molecule has 162 valence electrons. The Balaban J connectivity index is 1.59. The topological polar surface area (TPSA) is 38.8 Å². The second-order valence-electron chi connectivity index (χ2n) is 6.77. The summed E-state index contributed by atoms with van der Waals surface area (Å²) in [6, 6.07) is 20.7. The van der Waals surface area contributed by atoms with Crippen LogP contribution in [0.2, 0.25) is 5.02 Å². The van der Waals surface area contributed by atoms with Gasteiger partial charge in [-0.25, -0.2) is 0 Å². The van der Waals surface area contributed by atoms with Gasteiger partial charge in [0.2, 0.25) is 0 Å². The molecule has 0 atom stereocenters. The summed E-state index contributed by atoms with van der Waals surface area (Å²) < 4.78 is 13.0. The van der Waals surface area contributed by atoms with Gasteiger partial charge in [-0.2, -0.15) is 0 Å². The molecule has 1 heterocycles. The van der Waals surface area contributed by atoms with E-state index in [1.165, 1.54) is 11.8 Å². The number of thioether (sulfide) groups is 1. The van der Waals surface area contributed by atoms with Gasteiger partial charge in [0.15, 0.2) is 15.8 Å². The van der Waals surface area contributed by atoms with Crippen molar-refractivity contribution in [2.24, 2.45) is 0 Å². The van der Waals surface area contributed by atoms with Crippen LogP contribution in [-0.2, 0) is 11.4 Å². The maximum absolute atomic E-state index is 13.0. The van der Waals surface area contributed by atoms with Gasteiger partial charge < -0.3 is 9.47 Å². The van der Waals surface area contributed by atoms with Crippen LogP contribution in [0, 0.1) is 3.57 Å². The first-order valence-corrected chi connectivity index (χ1v) is 12.2. The summed E-state index contributed by atoms with van der Waals surface area (Å²) in [5.41, 5.74) is 2.47. The first-order chi connectivity index (χ1) is 15.5. The van der Waals surface area contributed by atoms with Crippen molar-refractivity contribution in [2.75, 3.05) is 12.0 Å². The molecule has 1 aliphatic rings. The van der Waals surface area contributed by atoms with Crippen molar-refractivity contribution in [2.45, 2.75) is 6.61 Å². The Bertz CT molecular complexity index is 1220. The SMILES string of the molecule is COc1cc(/C=C2/SC(=S)N(c3ccccc3)C2=O)cc(I)c1OCc1ccccc1Cl. The molecule has 32 heavy (non-hydrogen) atoms. The van der Waals surface area contributed by atoms with Gasteiger partial charge in [0.05, 0.1) is 21.3 Å². The van der Waals surface area contributed by atoms with Crippen molar-refractivity contribution in [3.63, 3.8) is 0 Å². The van der Waals surface area contributed by atoms with Crippen LogP contribution in [-0.4, -0.2) is 17.3 Å². The zero-order chi connectivity index (χ0) is 22.7. The van der Waals surface area contributed by atoms with Crippen molar-refractivity contribution in [1.82, 2.24) is 0 Å². The monoisotopic (exact) mass is 593 g/mol. The maximum Gasteiger partial charge on any atom is 0.270 e. The smallest absolute Gasteiger partial charge is 0.270 e. The highest BCUT2D eigenvalue weighted by atomic mass is 127. The fourth-order valence-corrected chi connectivity index (χ4v) is 5.42. The summed E-state index contributed by atoms with van der Waals surface area (Å²) in [5, 5.41) is 0.651. The number of methoxy groups -OCH3 is 1. The van der Waals surface area contributed by atoms with E-state index in [-0.39, 0.29) is 5.91 Å². The van der Waals surface area contributed by atoms with Gasteiger partial charge in [0.25, 0.3) is 5.91 Å². The van der Waals surface area contributed by atoms with Crippen molar-refractivity contribution in [3.8, 4) is 11.5 Å². The number of ether oxygens (including phenoxy) is 2. The van der Waals surface area contributed by atoms with Gasteiger partial charge in [-0.15, -0.1) is 0 Å². The lowest BCUT2D eigenvalue weighted by Crippen LogP contribution is -2.27. The summed E-state index contributed by atoms with van der Waals surface area (Å²) >= 11 is 15.2. The van der Waals surface area contributed by atoms with Crippen LogP contribution in [0.4, 0.5) is 5.69 Å². The van der Waals surface area contributed by atoms with Gasteiger partial charge in [0, 0.05) is 10.6 Å². The summed E-state index contributed by atoms with van der Waals surface area (Å²) in [4.78, 5) is 15.1. The molecule has 0 saturated carbocycles. The third-order valence-corrected chi connectivity index (χ3v) is 7.16. The first kappa shape index (κ1) is 23.1. The second-order valence-corrected chi connectivity index (χ2v) is 10.0. The average molecular weight is 594 g/mol. The molecule has 4 rings (SSSR count). The number of hydrogen-bond donors (Lipinski definition) is 0. The molecule has 0 radical (unpaired) electrons.